The van der Waals surface area contributed by atoms with Crippen LogP contribution >= 0.6 is 0 Å². The van der Waals surface area contributed by atoms with Gasteiger partial charge >= 0.3 is 0 Å². The molecule has 2 amide bonds. The Morgan fingerprint density at radius 2 is 2.00 bits per heavy atom. The van der Waals surface area contributed by atoms with E-state index in [-0.39, 0.29) is 17.9 Å². The molecule has 2 heterocycles. The van der Waals surface area contributed by atoms with Gasteiger partial charge in [-0.2, -0.15) is 5.10 Å². The lowest BCUT2D eigenvalue weighted by atomic mass is 9.77. The summed E-state index contributed by atoms with van der Waals surface area (Å²) in [5.74, 6) is 0.671. The summed E-state index contributed by atoms with van der Waals surface area (Å²) >= 11 is 0. The van der Waals surface area contributed by atoms with E-state index in [4.69, 9.17) is 0 Å². The number of aromatic nitrogens is 3. The van der Waals surface area contributed by atoms with E-state index in [1.54, 1.807) is 13.1 Å². The van der Waals surface area contributed by atoms with Crippen LogP contribution in [0.3, 0.4) is 0 Å². The SMILES string of the molecule is CCc1[nH]nc(C(=O)N[C@@H](c2ccccn2)C2CCC(CNC(C)=O)CC2)c1C. The first kappa shape index (κ1) is 21.0. The number of aryl methyl sites for hydroxylation is 1. The maximum atomic E-state index is 13.0. The number of hydrogen-bond donors (Lipinski definition) is 3. The van der Waals surface area contributed by atoms with Crippen molar-refractivity contribution in [2.24, 2.45) is 11.8 Å². The third-order valence-corrected chi connectivity index (χ3v) is 5.97. The first-order chi connectivity index (χ1) is 14.0. The van der Waals surface area contributed by atoms with Crippen molar-refractivity contribution in [2.75, 3.05) is 6.54 Å². The smallest absolute Gasteiger partial charge is 0.272 e. The van der Waals surface area contributed by atoms with Crippen LogP contribution in [0.2, 0.25) is 0 Å². The molecule has 1 atom stereocenters. The molecule has 0 aromatic carbocycles. The average molecular weight is 398 g/mol. The van der Waals surface area contributed by atoms with E-state index in [0.717, 1.165) is 55.6 Å². The first-order valence-electron chi connectivity index (χ1n) is 10.5. The predicted molar refractivity (Wildman–Crippen MR) is 111 cm³/mol. The second-order valence-electron chi connectivity index (χ2n) is 7.95. The number of amides is 2. The molecule has 156 valence electrons. The van der Waals surface area contributed by atoms with Gasteiger partial charge in [-0.3, -0.25) is 19.7 Å². The Morgan fingerprint density at radius 3 is 2.59 bits per heavy atom. The van der Waals surface area contributed by atoms with Crippen molar-refractivity contribution < 1.29 is 9.59 Å². The lowest BCUT2D eigenvalue weighted by molar-refractivity contribution is -0.119. The van der Waals surface area contributed by atoms with E-state index in [1.165, 1.54) is 0 Å². The summed E-state index contributed by atoms with van der Waals surface area (Å²) in [4.78, 5) is 28.7. The fourth-order valence-electron chi connectivity index (χ4n) is 4.22. The Balaban J connectivity index is 1.72. The minimum Gasteiger partial charge on any atom is -0.356 e. The molecule has 0 radical (unpaired) electrons. The Hall–Kier alpha value is -2.70. The van der Waals surface area contributed by atoms with Crippen LogP contribution in [0.1, 0.15) is 73.0 Å². The highest BCUT2D eigenvalue weighted by atomic mass is 16.2. The van der Waals surface area contributed by atoms with Gasteiger partial charge in [-0.15, -0.1) is 0 Å². The molecule has 1 saturated carbocycles. The molecular weight excluding hydrogens is 366 g/mol. The quantitative estimate of drug-likeness (QED) is 0.668. The molecule has 1 fully saturated rings. The summed E-state index contributed by atoms with van der Waals surface area (Å²) in [5.41, 5.74) is 3.24. The molecule has 3 rings (SSSR count). The van der Waals surface area contributed by atoms with E-state index in [9.17, 15) is 9.59 Å². The van der Waals surface area contributed by atoms with Gasteiger partial charge in [0.15, 0.2) is 5.69 Å². The van der Waals surface area contributed by atoms with Gasteiger partial charge < -0.3 is 10.6 Å². The highest BCUT2D eigenvalue weighted by molar-refractivity contribution is 5.94. The van der Waals surface area contributed by atoms with Crippen LogP contribution in [0.4, 0.5) is 0 Å². The molecule has 7 nitrogen and oxygen atoms in total. The zero-order valence-electron chi connectivity index (χ0n) is 17.5. The number of nitrogens with zero attached hydrogens (tertiary/aromatic N) is 2. The molecular formula is C22H31N5O2. The van der Waals surface area contributed by atoms with Gasteiger partial charge in [-0.1, -0.05) is 13.0 Å². The average Bonchev–Trinajstić information content (AvgIpc) is 3.12. The number of carbonyl (C=O) groups is 2. The fraction of sp³-hybridized carbons (Fsp3) is 0.545. The zero-order valence-corrected chi connectivity index (χ0v) is 17.5. The maximum absolute atomic E-state index is 13.0. The van der Waals surface area contributed by atoms with Crippen LogP contribution in [0.5, 0.6) is 0 Å². The van der Waals surface area contributed by atoms with Crippen LogP contribution in [0, 0.1) is 18.8 Å². The van der Waals surface area contributed by atoms with Crippen molar-refractivity contribution in [3.63, 3.8) is 0 Å². The second kappa shape index (κ2) is 9.67. The number of pyridine rings is 1. The summed E-state index contributed by atoms with van der Waals surface area (Å²) in [6.07, 6.45) is 6.63. The second-order valence-corrected chi connectivity index (χ2v) is 7.95. The van der Waals surface area contributed by atoms with Crippen molar-refractivity contribution in [3.05, 3.63) is 47.0 Å². The minimum atomic E-state index is -0.158. The zero-order chi connectivity index (χ0) is 20.8. The standard InChI is InChI=1S/C22H31N5O2/c1-4-18-14(2)20(27-26-18)22(29)25-21(19-7-5-6-12-23-19)17-10-8-16(9-11-17)13-24-15(3)28/h5-7,12,16-17,21H,4,8-11,13H2,1-3H3,(H,24,28)(H,25,29)(H,26,27)/t16?,17?,21-/m1/s1. The highest BCUT2D eigenvalue weighted by Gasteiger charge is 2.31. The predicted octanol–water partition coefficient (Wildman–Crippen LogP) is 3.09. The molecule has 7 heteroatoms. The van der Waals surface area contributed by atoms with Gasteiger partial charge in [0.1, 0.15) is 0 Å². The summed E-state index contributed by atoms with van der Waals surface area (Å²) in [6.45, 7) is 6.26. The highest BCUT2D eigenvalue weighted by Crippen LogP contribution is 2.36. The van der Waals surface area contributed by atoms with Gasteiger partial charge in [0.25, 0.3) is 5.91 Å². The van der Waals surface area contributed by atoms with Crippen molar-refractivity contribution in [2.45, 2.75) is 58.9 Å². The van der Waals surface area contributed by atoms with Crippen LogP contribution in [0.25, 0.3) is 0 Å². The van der Waals surface area contributed by atoms with Crippen molar-refractivity contribution >= 4 is 11.8 Å². The van der Waals surface area contributed by atoms with E-state index < -0.39 is 0 Å². The normalized spacial score (nSPS) is 20.1. The van der Waals surface area contributed by atoms with Crippen LogP contribution in [0.15, 0.2) is 24.4 Å². The monoisotopic (exact) mass is 397 g/mol. The lowest BCUT2D eigenvalue weighted by Crippen LogP contribution is -2.37. The number of H-pyrrole nitrogens is 1. The number of rotatable bonds is 7. The Bertz CT molecular complexity index is 825. The summed E-state index contributed by atoms with van der Waals surface area (Å²) in [6, 6.07) is 5.67. The van der Waals surface area contributed by atoms with Crippen LogP contribution in [-0.2, 0) is 11.2 Å². The third kappa shape index (κ3) is 5.22. The van der Waals surface area contributed by atoms with Crippen LogP contribution < -0.4 is 10.6 Å². The molecule has 1 aliphatic rings. The van der Waals surface area contributed by atoms with Crippen LogP contribution in [-0.4, -0.2) is 33.5 Å². The van der Waals surface area contributed by atoms with Crippen molar-refractivity contribution in [3.8, 4) is 0 Å². The third-order valence-electron chi connectivity index (χ3n) is 5.97. The molecule has 2 aromatic rings. The molecule has 0 bridgehead atoms. The van der Waals surface area contributed by atoms with E-state index in [1.807, 2.05) is 32.0 Å². The summed E-state index contributed by atoms with van der Waals surface area (Å²) in [5, 5.41) is 13.3. The van der Waals surface area contributed by atoms with Gasteiger partial charge in [0.2, 0.25) is 5.91 Å². The number of carbonyl (C=O) groups excluding carboxylic acids is 2. The van der Waals surface area contributed by atoms with E-state index in [0.29, 0.717) is 17.5 Å². The fourth-order valence-corrected chi connectivity index (χ4v) is 4.22. The molecule has 0 aliphatic heterocycles. The molecule has 3 N–H and O–H groups in total. The van der Waals surface area contributed by atoms with E-state index in [2.05, 4.69) is 25.8 Å². The van der Waals surface area contributed by atoms with Gasteiger partial charge in [-0.05, 0) is 63.0 Å². The summed E-state index contributed by atoms with van der Waals surface area (Å²) in [7, 11) is 0. The van der Waals surface area contributed by atoms with Gasteiger partial charge in [-0.25, -0.2) is 0 Å². The number of hydrogen-bond acceptors (Lipinski definition) is 4. The summed E-state index contributed by atoms with van der Waals surface area (Å²) < 4.78 is 0. The van der Waals surface area contributed by atoms with Gasteiger partial charge in [0.05, 0.1) is 11.7 Å². The van der Waals surface area contributed by atoms with Crippen molar-refractivity contribution in [1.82, 2.24) is 25.8 Å². The largest absolute Gasteiger partial charge is 0.356 e. The molecule has 1 aliphatic carbocycles. The number of nitrogens with one attached hydrogen (secondary N) is 3. The Morgan fingerprint density at radius 1 is 1.24 bits per heavy atom. The van der Waals surface area contributed by atoms with Gasteiger partial charge in [0, 0.05) is 30.9 Å². The van der Waals surface area contributed by atoms with Crippen molar-refractivity contribution in [1.29, 1.82) is 0 Å². The minimum absolute atomic E-state index is 0.0200. The number of aromatic amines is 1. The molecule has 0 saturated heterocycles. The lowest BCUT2D eigenvalue weighted by Gasteiger charge is -2.34. The molecule has 0 unspecified atom stereocenters. The maximum Gasteiger partial charge on any atom is 0.272 e. The Labute approximate surface area is 172 Å². The molecule has 2 aromatic heterocycles. The Kier molecular flexibility index (Phi) is 7.01. The molecule has 0 spiro atoms. The topological polar surface area (TPSA) is 99.8 Å². The molecule has 29 heavy (non-hydrogen) atoms. The van der Waals surface area contributed by atoms with E-state index >= 15 is 0 Å². The first-order valence-corrected chi connectivity index (χ1v) is 10.5.